The molecule has 0 bridgehead atoms. The zero-order chi connectivity index (χ0) is 14.5. The number of nitrogens with one attached hydrogen (secondary N) is 1. The minimum absolute atomic E-state index is 0.134. The molecule has 1 aromatic rings. The van der Waals surface area contributed by atoms with Crippen LogP contribution in [-0.2, 0) is 9.59 Å². The van der Waals surface area contributed by atoms with Gasteiger partial charge < -0.3 is 16.0 Å². The summed E-state index contributed by atoms with van der Waals surface area (Å²) in [5, 5.41) is 3.14. The molecule has 0 radical (unpaired) electrons. The zero-order valence-electron chi connectivity index (χ0n) is 11.2. The lowest BCUT2D eigenvalue weighted by Gasteiger charge is -2.26. The van der Waals surface area contributed by atoms with Crippen LogP contribution in [0.3, 0.4) is 0 Å². The fraction of sp³-hybridized carbons (Fsp3) is 0.429. The first-order valence-corrected chi connectivity index (χ1v) is 7.07. The topological polar surface area (TPSA) is 75.4 Å². The second-order valence-electron chi connectivity index (χ2n) is 4.88. The molecule has 0 atom stereocenters. The van der Waals surface area contributed by atoms with Gasteiger partial charge in [0.1, 0.15) is 0 Å². The molecule has 2 amide bonds. The van der Waals surface area contributed by atoms with Crippen LogP contribution in [0.15, 0.2) is 18.2 Å². The molecule has 3 N–H and O–H groups in total. The van der Waals surface area contributed by atoms with Crippen LogP contribution in [0.4, 0.5) is 11.4 Å². The number of benzene rings is 1. The molecule has 1 fully saturated rings. The van der Waals surface area contributed by atoms with E-state index in [9.17, 15) is 9.59 Å². The standard InChI is InChI=1S/C14H18ClN3O2/c15-11-9-10(16)4-5-12(11)17-13(19)6-8-18-7-2-1-3-14(18)20/h4-5,9H,1-3,6-8,16H2,(H,17,19). The Hall–Kier alpha value is -1.75. The molecule has 0 spiro atoms. The molecule has 1 heterocycles. The van der Waals surface area contributed by atoms with Crippen LogP contribution >= 0.6 is 11.6 Å². The van der Waals surface area contributed by atoms with Gasteiger partial charge in [0, 0.05) is 31.6 Å². The smallest absolute Gasteiger partial charge is 0.226 e. The average molecular weight is 296 g/mol. The molecule has 0 unspecified atom stereocenters. The molecule has 5 nitrogen and oxygen atoms in total. The number of nitrogen functional groups attached to an aromatic ring is 1. The largest absolute Gasteiger partial charge is 0.399 e. The molecule has 1 aromatic carbocycles. The zero-order valence-corrected chi connectivity index (χ0v) is 11.9. The Morgan fingerprint density at radius 3 is 2.90 bits per heavy atom. The third kappa shape index (κ3) is 3.87. The molecule has 108 valence electrons. The highest BCUT2D eigenvalue weighted by molar-refractivity contribution is 6.34. The van der Waals surface area contributed by atoms with Gasteiger partial charge in [-0.25, -0.2) is 0 Å². The van der Waals surface area contributed by atoms with Gasteiger partial charge in [0.2, 0.25) is 11.8 Å². The predicted molar refractivity (Wildman–Crippen MR) is 79.5 cm³/mol. The van der Waals surface area contributed by atoms with Crippen molar-refractivity contribution in [1.29, 1.82) is 0 Å². The van der Waals surface area contributed by atoms with Gasteiger partial charge in [-0.1, -0.05) is 11.6 Å². The number of hydrogen-bond donors (Lipinski definition) is 2. The fourth-order valence-electron chi connectivity index (χ4n) is 2.18. The Morgan fingerprint density at radius 2 is 2.20 bits per heavy atom. The van der Waals surface area contributed by atoms with Gasteiger partial charge >= 0.3 is 0 Å². The van der Waals surface area contributed by atoms with Gasteiger partial charge in [0.15, 0.2) is 0 Å². The van der Waals surface area contributed by atoms with E-state index in [0.29, 0.717) is 29.4 Å². The van der Waals surface area contributed by atoms with Crippen LogP contribution in [-0.4, -0.2) is 29.8 Å². The summed E-state index contributed by atoms with van der Waals surface area (Å²) in [6.45, 7) is 1.20. The van der Waals surface area contributed by atoms with Crippen LogP contribution in [0, 0.1) is 0 Å². The summed E-state index contributed by atoms with van der Waals surface area (Å²) in [4.78, 5) is 25.2. The molecule has 1 aliphatic heterocycles. The van der Waals surface area contributed by atoms with E-state index < -0.39 is 0 Å². The number of carbonyl (C=O) groups is 2. The average Bonchev–Trinajstić information content (AvgIpc) is 2.41. The number of nitrogens with zero attached hydrogens (tertiary/aromatic N) is 1. The Labute approximate surface area is 123 Å². The summed E-state index contributed by atoms with van der Waals surface area (Å²) in [5.41, 5.74) is 6.67. The van der Waals surface area contributed by atoms with E-state index in [4.69, 9.17) is 17.3 Å². The first-order valence-electron chi connectivity index (χ1n) is 6.69. The third-order valence-electron chi connectivity index (χ3n) is 3.30. The summed E-state index contributed by atoms with van der Waals surface area (Å²) in [7, 11) is 0. The highest BCUT2D eigenvalue weighted by Gasteiger charge is 2.18. The van der Waals surface area contributed by atoms with Crippen molar-refractivity contribution < 1.29 is 9.59 Å². The monoisotopic (exact) mass is 295 g/mol. The van der Waals surface area contributed by atoms with Crippen molar-refractivity contribution in [2.75, 3.05) is 24.1 Å². The minimum atomic E-state index is -0.157. The first kappa shape index (κ1) is 14.7. The molecule has 0 aliphatic carbocycles. The van der Waals surface area contributed by atoms with E-state index in [1.54, 1.807) is 23.1 Å². The lowest BCUT2D eigenvalue weighted by Crippen LogP contribution is -2.37. The van der Waals surface area contributed by atoms with E-state index in [0.717, 1.165) is 19.4 Å². The molecule has 0 saturated carbocycles. The summed E-state index contributed by atoms with van der Waals surface area (Å²) in [6, 6.07) is 4.93. The summed E-state index contributed by atoms with van der Waals surface area (Å²) < 4.78 is 0. The molecular weight excluding hydrogens is 278 g/mol. The second-order valence-corrected chi connectivity index (χ2v) is 5.28. The van der Waals surface area contributed by atoms with Gasteiger partial charge in [-0.05, 0) is 31.0 Å². The predicted octanol–water partition coefficient (Wildman–Crippen LogP) is 2.26. The number of nitrogens with two attached hydrogens (primary N) is 1. The van der Waals surface area contributed by atoms with Crippen molar-refractivity contribution in [3.8, 4) is 0 Å². The summed E-state index contributed by atoms with van der Waals surface area (Å²) in [6.07, 6.45) is 2.82. The highest BCUT2D eigenvalue weighted by Crippen LogP contribution is 2.24. The molecule has 0 aromatic heterocycles. The lowest BCUT2D eigenvalue weighted by atomic mass is 10.1. The third-order valence-corrected chi connectivity index (χ3v) is 3.61. The maximum absolute atomic E-state index is 11.9. The van der Waals surface area contributed by atoms with E-state index in [2.05, 4.69) is 5.32 Å². The fourth-order valence-corrected chi connectivity index (χ4v) is 2.42. The molecule has 6 heteroatoms. The van der Waals surface area contributed by atoms with E-state index >= 15 is 0 Å². The van der Waals surface area contributed by atoms with Crippen molar-refractivity contribution >= 4 is 34.8 Å². The maximum atomic E-state index is 11.9. The minimum Gasteiger partial charge on any atom is -0.399 e. The number of likely N-dealkylation sites (tertiary alicyclic amines) is 1. The van der Waals surface area contributed by atoms with Crippen LogP contribution in [0.2, 0.25) is 5.02 Å². The normalized spacial score (nSPS) is 15.2. The quantitative estimate of drug-likeness (QED) is 0.837. The van der Waals surface area contributed by atoms with Crippen LogP contribution < -0.4 is 11.1 Å². The first-order chi connectivity index (χ1) is 9.56. The van der Waals surface area contributed by atoms with Gasteiger partial charge in [-0.2, -0.15) is 0 Å². The van der Waals surface area contributed by atoms with E-state index in [1.165, 1.54) is 0 Å². The number of hydrogen-bond acceptors (Lipinski definition) is 3. The summed E-state index contributed by atoms with van der Waals surface area (Å²) in [5.74, 6) is -0.0235. The number of piperidine rings is 1. The molecule has 20 heavy (non-hydrogen) atoms. The van der Waals surface area contributed by atoms with Gasteiger partial charge in [0.25, 0.3) is 0 Å². The van der Waals surface area contributed by atoms with Gasteiger partial charge in [-0.15, -0.1) is 0 Å². The van der Waals surface area contributed by atoms with Crippen LogP contribution in [0.1, 0.15) is 25.7 Å². The van der Waals surface area contributed by atoms with Gasteiger partial charge in [-0.3, -0.25) is 9.59 Å². The SMILES string of the molecule is Nc1ccc(NC(=O)CCN2CCCCC2=O)c(Cl)c1. The number of amides is 2. The van der Waals surface area contributed by atoms with Crippen LogP contribution in [0.25, 0.3) is 0 Å². The number of halogens is 1. The van der Waals surface area contributed by atoms with Crippen molar-refractivity contribution in [3.05, 3.63) is 23.2 Å². The van der Waals surface area contributed by atoms with Gasteiger partial charge in [0.05, 0.1) is 10.7 Å². The van der Waals surface area contributed by atoms with E-state index in [1.807, 2.05) is 0 Å². The Bertz CT molecular complexity index is 519. The molecule has 2 rings (SSSR count). The Morgan fingerprint density at radius 1 is 1.40 bits per heavy atom. The Balaban J connectivity index is 1.84. The van der Waals surface area contributed by atoms with Crippen LogP contribution in [0.5, 0.6) is 0 Å². The maximum Gasteiger partial charge on any atom is 0.226 e. The lowest BCUT2D eigenvalue weighted by molar-refractivity contribution is -0.133. The van der Waals surface area contributed by atoms with Crippen molar-refractivity contribution in [1.82, 2.24) is 4.90 Å². The van der Waals surface area contributed by atoms with Crippen molar-refractivity contribution in [3.63, 3.8) is 0 Å². The second kappa shape index (κ2) is 6.61. The highest BCUT2D eigenvalue weighted by atomic mass is 35.5. The molecule has 1 aliphatic rings. The number of carbonyl (C=O) groups excluding carboxylic acids is 2. The molecular formula is C14H18ClN3O2. The summed E-state index contributed by atoms with van der Waals surface area (Å²) >= 11 is 5.99. The van der Waals surface area contributed by atoms with Crippen molar-refractivity contribution in [2.45, 2.75) is 25.7 Å². The molecule has 1 saturated heterocycles. The van der Waals surface area contributed by atoms with Crippen molar-refractivity contribution in [2.24, 2.45) is 0 Å². The Kier molecular flexibility index (Phi) is 4.84. The number of anilines is 2. The van der Waals surface area contributed by atoms with E-state index in [-0.39, 0.29) is 18.2 Å². The number of rotatable bonds is 4.